The Morgan fingerprint density at radius 2 is 1.75 bits per heavy atom. The molecule has 1 unspecified atom stereocenters. The van der Waals surface area contributed by atoms with E-state index in [-0.39, 0.29) is 16.9 Å². The summed E-state index contributed by atoms with van der Waals surface area (Å²) in [4.78, 5) is 35.1. The molecule has 1 saturated heterocycles. The summed E-state index contributed by atoms with van der Waals surface area (Å²) in [6.07, 6.45) is -0.410. The van der Waals surface area contributed by atoms with E-state index in [1.807, 2.05) is 59.3 Å². The number of benzene rings is 2. The predicted molar refractivity (Wildman–Crippen MR) is 102 cm³/mol. The number of carbonyl (C=O) groups is 3. The molecule has 1 aliphatic rings. The summed E-state index contributed by atoms with van der Waals surface area (Å²) < 4.78 is 7.65. The lowest BCUT2D eigenvalue weighted by molar-refractivity contribution is -0.851. The number of amides is 2. The molecule has 0 saturated carbocycles. The van der Waals surface area contributed by atoms with Crippen molar-refractivity contribution in [1.29, 1.82) is 0 Å². The molecule has 28 heavy (non-hydrogen) atoms. The summed E-state index contributed by atoms with van der Waals surface area (Å²) in [5.74, 6) is 1.41. The van der Waals surface area contributed by atoms with E-state index in [0.29, 0.717) is 43.6 Å². The lowest BCUT2D eigenvalue weighted by Gasteiger charge is -2.30. The highest BCUT2D eigenvalue weighted by atomic mass is 32.2. The van der Waals surface area contributed by atoms with Crippen LogP contribution in [-0.4, -0.2) is 34.7 Å². The Morgan fingerprint density at radius 1 is 1.07 bits per heavy atom. The normalized spacial score (nSPS) is 18.6. The third kappa shape index (κ3) is 5.11. The number of likely N-dealkylation sites (tertiary alicyclic amines) is 1. The highest BCUT2D eigenvalue weighted by molar-refractivity contribution is 8.12. The molecule has 0 aromatic heterocycles. The lowest BCUT2D eigenvalue weighted by atomic mass is 10.1. The van der Waals surface area contributed by atoms with Crippen molar-refractivity contribution >= 4 is 29.1 Å². The summed E-state index contributed by atoms with van der Waals surface area (Å²) in [7, 11) is 0. The van der Waals surface area contributed by atoms with Crippen molar-refractivity contribution in [1.82, 2.24) is 4.72 Å². The first kappa shape index (κ1) is 19.9. The first-order valence-electron chi connectivity index (χ1n) is 8.85. The Morgan fingerprint density at radius 3 is 2.36 bits per heavy atom. The van der Waals surface area contributed by atoms with Crippen molar-refractivity contribution in [3.8, 4) is 11.5 Å². The minimum absolute atomic E-state index is 0.000546. The van der Waals surface area contributed by atoms with E-state index < -0.39 is 11.2 Å². The summed E-state index contributed by atoms with van der Waals surface area (Å²) in [5, 5.41) is 10.0. The van der Waals surface area contributed by atoms with E-state index >= 15 is 0 Å². The number of hydrogen-bond acceptors (Lipinski definition) is 6. The van der Waals surface area contributed by atoms with Crippen LogP contribution in [0.25, 0.3) is 0 Å². The molecule has 146 valence electrons. The monoisotopic (exact) mass is 400 g/mol. The maximum Gasteiger partial charge on any atom is 0.314 e. The van der Waals surface area contributed by atoms with Crippen LogP contribution in [-0.2, 0) is 16.1 Å². The standard InChI is InChI=1S/C20H20N2O5S/c23-18-7-4-12-22(18,14-19(24)28-21-20(25)26)13-15-8-10-17(11-9-15)27-16-5-2-1-3-6-16/h1-3,5-6,8-11,21H,4,7,12-14H2. The average Bonchev–Trinajstić information content (AvgIpc) is 3.02. The molecule has 2 aromatic rings. The third-order valence-corrected chi connectivity index (χ3v) is 5.20. The fourth-order valence-corrected chi connectivity index (χ4v) is 3.81. The Hall–Kier alpha value is -2.84. The summed E-state index contributed by atoms with van der Waals surface area (Å²) in [6.45, 7) is 0.868. The zero-order valence-electron chi connectivity index (χ0n) is 15.1. The van der Waals surface area contributed by atoms with Crippen LogP contribution in [0.5, 0.6) is 11.5 Å². The second-order valence-electron chi connectivity index (χ2n) is 6.60. The van der Waals surface area contributed by atoms with Crippen LogP contribution in [0.15, 0.2) is 54.6 Å². The molecule has 8 heteroatoms. The van der Waals surface area contributed by atoms with E-state index in [9.17, 15) is 19.5 Å². The maximum atomic E-state index is 12.5. The first-order chi connectivity index (χ1) is 13.5. The van der Waals surface area contributed by atoms with Crippen LogP contribution in [0, 0.1) is 0 Å². The lowest BCUT2D eigenvalue weighted by Crippen LogP contribution is -2.51. The number of quaternary nitrogens is 1. The Labute approximate surface area is 167 Å². The van der Waals surface area contributed by atoms with Crippen LogP contribution >= 0.6 is 11.9 Å². The molecule has 0 radical (unpaired) electrons. The van der Waals surface area contributed by atoms with Crippen LogP contribution in [0.2, 0.25) is 0 Å². The fourth-order valence-electron chi connectivity index (χ4n) is 3.30. The molecule has 0 bridgehead atoms. The van der Waals surface area contributed by atoms with Gasteiger partial charge in [-0.05, 0) is 36.4 Å². The largest absolute Gasteiger partial charge is 0.529 e. The van der Waals surface area contributed by atoms with Crippen molar-refractivity contribution in [2.45, 2.75) is 19.4 Å². The van der Waals surface area contributed by atoms with E-state index in [1.54, 1.807) is 0 Å². The maximum absolute atomic E-state index is 12.5. The molecule has 2 amide bonds. The highest BCUT2D eigenvalue weighted by Gasteiger charge is 2.43. The number of rotatable bonds is 6. The molecule has 1 heterocycles. The molecule has 0 spiro atoms. The number of carboxylic acid groups (broad SMARTS) is 1. The van der Waals surface area contributed by atoms with Crippen molar-refractivity contribution < 1.29 is 28.7 Å². The highest BCUT2D eigenvalue weighted by Crippen LogP contribution is 2.27. The van der Waals surface area contributed by atoms with Crippen molar-refractivity contribution in [2.75, 3.05) is 13.1 Å². The van der Waals surface area contributed by atoms with Crippen LogP contribution in [0.3, 0.4) is 0 Å². The Balaban J connectivity index is 1.68. The minimum Gasteiger partial charge on any atom is -0.529 e. The van der Waals surface area contributed by atoms with Crippen molar-refractivity contribution in [3.63, 3.8) is 0 Å². The van der Waals surface area contributed by atoms with Crippen molar-refractivity contribution in [3.05, 3.63) is 60.2 Å². The van der Waals surface area contributed by atoms with Gasteiger partial charge in [-0.15, -0.1) is 0 Å². The molecular formula is C20H20N2O5S. The number of nitrogens with one attached hydrogen (secondary N) is 1. The number of hydrogen-bond donors (Lipinski definition) is 1. The van der Waals surface area contributed by atoms with Gasteiger partial charge >= 0.3 is 5.91 Å². The number of nitrogens with zero attached hydrogens (tertiary/aromatic N) is 1. The molecule has 1 N–H and O–H groups in total. The number of carbonyl (C=O) groups excluding carboxylic acids is 3. The third-order valence-electron chi connectivity index (χ3n) is 4.57. The second-order valence-corrected chi connectivity index (χ2v) is 7.47. The first-order valence-corrected chi connectivity index (χ1v) is 9.66. The Kier molecular flexibility index (Phi) is 6.33. The zero-order chi connectivity index (χ0) is 20.0. The van der Waals surface area contributed by atoms with Gasteiger partial charge < -0.3 is 19.4 Å². The van der Waals surface area contributed by atoms with Gasteiger partial charge in [0.1, 0.15) is 24.1 Å². The number of ether oxygens (including phenoxy) is 1. The van der Waals surface area contributed by atoms with E-state index in [1.165, 1.54) is 0 Å². The topological polar surface area (TPSA) is 95.5 Å². The summed E-state index contributed by atoms with van der Waals surface area (Å²) in [6, 6.07) is 16.8. The van der Waals surface area contributed by atoms with Crippen LogP contribution < -0.4 is 14.6 Å². The molecule has 2 aromatic carbocycles. The molecular weight excluding hydrogens is 380 g/mol. The minimum atomic E-state index is -1.54. The fraction of sp³-hybridized carbons (Fsp3) is 0.250. The van der Waals surface area contributed by atoms with Gasteiger partial charge in [0.2, 0.25) is 0 Å². The summed E-state index contributed by atoms with van der Waals surface area (Å²) >= 11 is 0.447. The second kappa shape index (κ2) is 8.90. The van der Waals surface area contributed by atoms with Gasteiger partial charge in [0.15, 0.2) is 6.54 Å². The van der Waals surface area contributed by atoms with Gasteiger partial charge in [0.25, 0.3) is 5.12 Å². The van der Waals surface area contributed by atoms with Gasteiger partial charge in [0, 0.05) is 23.9 Å². The Bertz CT molecular complexity index is 857. The SMILES string of the molecule is O=C([O-])NSC(=O)C[N+]1(Cc2ccc(Oc3ccccc3)cc2)CCCC1=O. The van der Waals surface area contributed by atoms with Gasteiger partial charge in [0.05, 0.1) is 13.0 Å². The molecule has 0 aliphatic carbocycles. The van der Waals surface area contributed by atoms with Gasteiger partial charge in [-0.25, -0.2) is 9.28 Å². The molecule has 1 fully saturated rings. The molecule has 3 rings (SSSR count). The van der Waals surface area contributed by atoms with Gasteiger partial charge in [-0.3, -0.25) is 4.79 Å². The smallest absolute Gasteiger partial charge is 0.314 e. The summed E-state index contributed by atoms with van der Waals surface area (Å²) in [5.41, 5.74) is 0.904. The molecule has 7 nitrogen and oxygen atoms in total. The van der Waals surface area contributed by atoms with Crippen LogP contribution in [0.1, 0.15) is 18.4 Å². The zero-order valence-corrected chi connectivity index (χ0v) is 15.9. The average molecular weight is 400 g/mol. The van der Waals surface area contributed by atoms with E-state index in [0.717, 1.165) is 11.3 Å². The van der Waals surface area contributed by atoms with E-state index in [4.69, 9.17) is 4.74 Å². The molecule has 1 aliphatic heterocycles. The van der Waals surface area contributed by atoms with Crippen LogP contribution in [0.4, 0.5) is 4.79 Å². The van der Waals surface area contributed by atoms with Gasteiger partial charge in [-0.1, -0.05) is 18.2 Å². The predicted octanol–water partition coefficient (Wildman–Crippen LogP) is 2.22. The quantitative estimate of drug-likeness (QED) is 0.590. The van der Waals surface area contributed by atoms with E-state index in [2.05, 4.69) is 0 Å². The number of para-hydroxylation sites is 1. The van der Waals surface area contributed by atoms with Crippen molar-refractivity contribution in [2.24, 2.45) is 0 Å². The van der Waals surface area contributed by atoms with Gasteiger partial charge in [-0.2, -0.15) is 0 Å². The molecule has 1 atom stereocenters.